The highest BCUT2D eigenvalue weighted by Gasteiger charge is 2.40. The minimum absolute atomic E-state index is 0.0586. The third-order valence-corrected chi connectivity index (χ3v) is 6.57. The minimum Gasteiger partial charge on any atom is -0.480 e. The van der Waals surface area contributed by atoms with Crippen molar-refractivity contribution in [3.05, 3.63) is 35.9 Å². The first-order valence-corrected chi connectivity index (χ1v) is 11.9. The van der Waals surface area contributed by atoms with Crippen molar-refractivity contribution in [1.82, 2.24) is 15.1 Å². The van der Waals surface area contributed by atoms with Crippen LogP contribution in [0.5, 0.6) is 0 Å². The van der Waals surface area contributed by atoms with E-state index in [2.05, 4.69) is 5.32 Å². The van der Waals surface area contributed by atoms with Gasteiger partial charge in [-0.05, 0) is 44.1 Å². The summed E-state index contributed by atoms with van der Waals surface area (Å²) in [7, 11) is 0. The summed E-state index contributed by atoms with van der Waals surface area (Å²) in [6, 6.07) is 5.61. The molecule has 0 spiro atoms. The first-order valence-electron chi connectivity index (χ1n) is 11.9. The molecule has 11 nitrogen and oxygen atoms in total. The number of carbonyl (C=O) groups excluding carboxylic acids is 4. The number of nitrogens with one attached hydrogen (secondary N) is 1. The minimum atomic E-state index is -1.12. The Hall–Kier alpha value is -3.47. The fourth-order valence-electron chi connectivity index (χ4n) is 4.77. The van der Waals surface area contributed by atoms with E-state index >= 15 is 0 Å². The molecule has 4 unspecified atom stereocenters. The van der Waals surface area contributed by atoms with Gasteiger partial charge in [0, 0.05) is 19.5 Å². The summed E-state index contributed by atoms with van der Waals surface area (Å²) >= 11 is 0. The van der Waals surface area contributed by atoms with Gasteiger partial charge in [-0.25, -0.2) is 4.79 Å². The van der Waals surface area contributed by atoms with Gasteiger partial charge in [0.1, 0.15) is 18.1 Å². The van der Waals surface area contributed by atoms with E-state index in [4.69, 9.17) is 11.5 Å². The molecule has 35 heavy (non-hydrogen) atoms. The molecule has 0 bridgehead atoms. The van der Waals surface area contributed by atoms with E-state index < -0.39 is 47.9 Å². The fourth-order valence-corrected chi connectivity index (χ4v) is 4.77. The van der Waals surface area contributed by atoms with Crippen molar-refractivity contribution in [1.29, 1.82) is 0 Å². The molecule has 4 atom stereocenters. The van der Waals surface area contributed by atoms with Crippen LogP contribution in [0, 0.1) is 0 Å². The average Bonchev–Trinajstić information content (AvgIpc) is 3.51. The molecule has 2 aliphatic rings. The van der Waals surface area contributed by atoms with Gasteiger partial charge >= 0.3 is 5.97 Å². The number of carbonyl (C=O) groups is 5. The number of likely N-dealkylation sites (tertiary alicyclic amines) is 2. The maximum Gasteiger partial charge on any atom is 0.326 e. The number of nitrogens with zero attached hydrogens (tertiary/aromatic N) is 2. The van der Waals surface area contributed by atoms with Crippen LogP contribution in [0.2, 0.25) is 0 Å². The molecule has 0 radical (unpaired) electrons. The van der Waals surface area contributed by atoms with Crippen LogP contribution in [0.3, 0.4) is 0 Å². The number of amides is 4. The summed E-state index contributed by atoms with van der Waals surface area (Å²) in [6.45, 7) is 0.619. The van der Waals surface area contributed by atoms with Gasteiger partial charge < -0.3 is 31.7 Å². The summed E-state index contributed by atoms with van der Waals surface area (Å²) < 4.78 is 0. The van der Waals surface area contributed by atoms with Gasteiger partial charge in [-0.2, -0.15) is 0 Å². The Kier molecular flexibility index (Phi) is 8.80. The highest BCUT2D eigenvalue weighted by atomic mass is 16.4. The zero-order valence-electron chi connectivity index (χ0n) is 19.6. The Bertz CT molecular complexity index is 955. The lowest BCUT2D eigenvalue weighted by Gasteiger charge is -2.30. The number of aliphatic carboxylic acids is 1. The summed E-state index contributed by atoms with van der Waals surface area (Å²) in [5, 5.41) is 12.1. The second-order valence-corrected chi connectivity index (χ2v) is 9.08. The molecule has 2 aliphatic heterocycles. The van der Waals surface area contributed by atoms with Gasteiger partial charge in [-0.1, -0.05) is 30.3 Å². The number of rotatable bonds is 10. The smallest absolute Gasteiger partial charge is 0.326 e. The number of benzene rings is 1. The first kappa shape index (κ1) is 26.1. The van der Waals surface area contributed by atoms with Gasteiger partial charge in [-0.15, -0.1) is 0 Å². The lowest BCUT2D eigenvalue weighted by atomic mass is 10.0. The van der Waals surface area contributed by atoms with E-state index in [9.17, 15) is 29.1 Å². The van der Waals surface area contributed by atoms with Crippen LogP contribution in [0.1, 0.15) is 44.1 Å². The van der Waals surface area contributed by atoms with Gasteiger partial charge in [0.05, 0.1) is 6.04 Å². The van der Waals surface area contributed by atoms with Crippen LogP contribution in [0.25, 0.3) is 0 Å². The Morgan fingerprint density at radius 1 is 0.971 bits per heavy atom. The van der Waals surface area contributed by atoms with Gasteiger partial charge in [0.25, 0.3) is 0 Å². The number of hydrogen-bond donors (Lipinski definition) is 4. The van der Waals surface area contributed by atoms with E-state index in [1.165, 1.54) is 9.80 Å². The first-order chi connectivity index (χ1) is 16.7. The molecule has 11 heteroatoms. The van der Waals surface area contributed by atoms with E-state index in [0.717, 1.165) is 5.56 Å². The van der Waals surface area contributed by atoms with E-state index in [1.807, 2.05) is 30.3 Å². The standard InChI is InChI=1S/C24H33N5O6/c25-16(14-15-6-2-1-3-7-15)22(32)28-12-4-8-18(28)21(31)27-17(10-11-20(26)30)23(33)29-13-5-9-19(29)24(34)35/h1-3,6-7,16-19H,4-5,8-14,25H2,(H2,26,30)(H,27,31)(H,34,35). The predicted octanol–water partition coefficient (Wildman–Crippen LogP) is -0.627. The predicted molar refractivity (Wildman–Crippen MR) is 126 cm³/mol. The molecule has 3 rings (SSSR count). The van der Waals surface area contributed by atoms with E-state index in [1.54, 1.807) is 0 Å². The Morgan fingerprint density at radius 3 is 2.17 bits per heavy atom. The van der Waals surface area contributed by atoms with Crippen molar-refractivity contribution in [2.75, 3.05) is 13.1 Å². The zero-order valence-corrected chi connectivity index (χ0v) is 19.6. The van der Waals surface area contributed by atoms with Crippen LogP contribution in [-0.4, -0.2) is 81.8 Å². The summed E-state index contributed by atoms with van der Waals surface area (Å²) in [4.78, 5) is 64.9. The zero-order chi connectivity index (χ0) is 25.5. The molecular weight excluding hydrogens is 454 g/mol. The van der Waals surface area contributed by atoms with Crippen LogP contribution >= 0.6 is 0 Å². The molecule has 6 N–H and O–H groups in total. The molecule has 1 aromatic rings. The Balaban J connectivity index is 1.69. The maximum atomic E-state index is 13.2. The molecule has 1 aromatic carbocycles. The fraction of sp³-hybridized carbons (Fsp3) is 0.542. The van der Waals surface area contributed by atoms with Crippen LogP contribution in [0.15, 0.2) is 30.3 Å². The van der Waals surface area contributed by atoms with Crippen molar-refractivity contribution < 1.29 is 29.1 Å². The maximum absolute atomic E-state index is 13.2. The number of carboxylic acids is 1. The second-order valence-electron chi connectivity index (χ2n) is 9.08. The van der Waals surface area contributed by atoms with Crippen LogP contribution in [0.4, 0.5) is 0 Å². The van der Waals surface area contributed by atoms with Crippen molar-refractivity contribution >= 4 is 29.6 Å². The van der Waals surface area contributed by atoms with Crippen molar-refractivity contribution in [3.63, 3.8) is 0 Å². The van der Waals surface area contributed by atoms with E-state index in [-0.39, 0.29) is 25.3 Å². The SMILES string of the molecule is NC(=O)CCC(NC(=O)C1CCCN1C(=O)C(N)Cc1ccccc1)C(=O)N1CCCC1C(=O)O. The molecule has 2 fully saturated rings. The third-order valence-electron chi connectivity index (χ3n) is 6.57. The topological polar surface area (TPSA) is 176 Å². The highest BCUT2D eigenvalue weighted by molar-refractivity contribution is 5.95. The molecular formula is C24H33N5O6. The molecule has 2 saturated heterocycles. The van der Waals surface area contributed by atoms with Gasteiger partial charge in [0.2, 0.25) is 23.6 Å². The van der Waals surface area contributed by atoms with Crippen molar-refractivity contribution in [3.8, 4) is 0 Å². The van der Waals surface area contributed by atoms with Crippen molar-refractivity contribution in [2.45, 2.75) is 69.1 Å². The molecule has 0 aliphatic carbocycles. The Labute approximate surface area is 203 Å². The monoisotopic (exact) mass is 487 g/mol. The lowest BCUT2D eigenvalue weighted by Crippen LogP contribution is -2.57. The number of hydrogen-bond acceptors (Lipinski definition) is 6. The number of primary amides is 1. The average molecular weight is 488 g/mol. The summed E-state index contributed by atoms with van der Waals surface area (Å²) in [6.07, 6.45) is 1.98. The highest BCUT2D eigenvalue weighted by Crippen LogP contribution is 2.22. The molecule has 4 amide bonds. The quantitative estimate of drug-likeness (QED) is 0.340. The number of nitrogens with two attached hydrogens (primary N) is 2. The molecule has 0 saturated carbocycles. The van der Waals surface area contributed by atoms with Gasteiger partial charge in [0.15, 0.2) is 0 Å². The number of carboxylic acid groups (broad SMARTS) is 1. The molecule has 0 aromatic heterocycles. The third kappa shape index (κ3) is 6.56. The second kappa shape index (κ2) is 11.8. The molecule has 2 heterocycles. The molecule has 190 valence electrons. The largest absolute Gasteiger partial charge is 0.480 e. The van der Waals surface area contributed by atoms with Crippen molar-refractivity contribution in [2.24, 2.45) is 11.5 Å². The Morgan fingerprint density at radius 2 is 1.57 bits per heavy atom. The lowest BCUT2D eigenvalue weighted by molar-refractivity contribution is -0.150. The van der Waals surface area contributed by atoms with E-state index in [0.29, 0.717) is 38.6 Å². The van der Waals surface area contributed by atoms with Crippen LogP contribution < -0.4 is 16.8 Å². The van der Waals surface area contributed by atoms with Crippen LogP contribution in [-0.2, 0) is 30.4 Å². The summed E-state index contributed by atoms with van der Waals surface area (Å²) in [5.74, 6) is -3.21. The van der Waals surface area contributed by atoms with Gasteiger partial charge in [-0.3, -0.25) is 19.2 Å². The summed E-state index contributed by atoms with van der Waals surface area (Å²) in [5.41, 5.74) is 12.3. The normalized spacial score (nSPS) is 21.4.